The predicted molar refractivity (Wildman–Crippen MR) is 93.6 cm³/mol. The lowest BCUT2D eigenvalue weighted by Crippen LogP contribution is -2.21. The van der Waals surface area contributed by atoms with Gasteiger partial charge in [0.2, 0.25) is 0 Å². The fourth-order valence-corrected chi connectivity index (χ4v) is 5.22. The molecule has 0 spiro atoms. The van der Waals surface area contributed by atoms with Gasteiger partial charge >= 0.3 is 0 Å². The Balaban J connectivity index is 1.71. The maximum absolute atomic E-state index is 2.49. The third-order valence-electron chi connectivity index (χ3n) is 4.55. The number of benzene rings is 1. The van der Waals surface area contributed by atoms with Gasteiger partial charge in [0.25, 0.3) is 0 Å². The molecular formula is C20H24Si. The third-order valence-corrected chi connectivity index (χ3v) is 6.31. The van der Waals surface area contributed by atoms with Crippen molar-refractivity contribution in [2.75, 3.05) is 0 Å². The minimum absolute atomic E-state index is 0.401. The van der Waals surface area contributed by atoms with E-state index in [0.29, 0.717) is 5.04 Å². The van der Waals surface area contributed by atoms with Gasteiger partial charge in [-0.3, -0.25) is 0 Å². The van der Waals surface area contributed by atoms with Crippen LogP contribution < -0.4 is 0 Å². The molecule has 0 fully saturated rings. The zero-order valence-corrected chi connectivity index (χ0v) is 13.9. The second-order valence-electron chi connectivity index (χ2n) is 6.27. The lowest BCUT2D eigenvalue weighted by molar-refractivity contribution is 0.555. The minimum atomic E-state index is 0.401. The van der Waals surface area contributed by atoms with Gasteiger partial charge in [0.1, 0.15) is 0 Å². The van der Waals surface area contributed by atoms with E-state index < -0.39 is 0 Å². The van der Waals surface area contributed by atoms with Crippen molar-refractivity contribution in [1.82, 2.24) is 0 Å². The monoisotopic (exact) mass is 292 g/mol. The normalized spacial score (nSPS) is 23.2. The highest BCUT2D eigenvalue weighted by molar-refractivity contribution is 6.51. The molecule has 108 valence electrons. The first kappa shape index (κ1) is 14.6. The van der Waals surface area contributed by atoms with Gasteiger partial charge in [-0.25, -0.2) is 0 Å². The molecule has 1 atom stereocenters. The Morgan fingerprint density at radius 2 is 2.05 bits per heavy atom. The highest BCUT2D eigenvalue weighted by Crippen LogP contribution is 2.43. The van der Waals surface area contributed by atoms with Crippen LogP contribution >= 0.6 is 0 Å². The van der Waals surface area contributed by atoms with Crippen molar-refractivity contribution >= 4 is 15.6 Å². The summed E-state index contributed by atoms with van der Waals surface area (Å²) in [5.41, 5.74) is 2.96. The number of unbranched alkanes of at least 4 members (excludes halogenated alkanes) is 2. The van der Waals surface area contributed by atoms with Crippen molar-refractivity contribution in [3.05, 3.63) is 64.9 Å². The lowest BCUT2D eigenvalue weighted by atomic mass is 9.93. The summed E-state index contributed by atoms with van der Waals surface area (Å²) < 4.78 is 0. The lowest BCUT2D eigenvalue weighted by Gasteiger charge is -2.31. The summed E-state index contributed by atoms with van der Waals surface area (Å²) in [6, 6.07) is 8.86. The fourth-order valence-electron chi connectivity index (χ4n) is 3.38. The van der Waals surface area contributed by atoms with Crippen LogP contribution in [0.15, 0.2) is 53.8 Å². The summed E-state index contributed by atoms with van der Waals surface area (Å²) >= 11 is 0. The van der Waals surface area contributed by atoms with E-state index in [1.54, 1.807) is 5.20 Å². The first-order valence-corrected chi connectivity index (χ1v) is 9.22. The van der Waals surface area contributed by atoms with E-state index in [-0.39, 0.29) is 0 Å². The molecule has 0 nitrogen and oxygen atoms in total. The molecule has 2 aliphatic carbocycles. The number of fused-ring (bicyclic) bond motifs is 1. The summed E-state index contributed by atoms with van der Waals surface area (Å²) in [5, 5.41) is 2.05. The van der Waals surface area contributed by atoms with Gasteiger partial charge in [0, 0.05) is 0 Å². The van der Waals surface area contributed by atoms with Crippen LogP contribution in [-0.4, -0.2) is 9.52 Å². The van der Waals surface area contributed by atoms with E-state index in [0.717, 1.165) is 9.52 Å². The number of allylic oxidation sites excluding steroid dienone is 5. The van der Waals surface area contributed by atoms with Gasteiger partial charge in [-0.15, -0.1) is 0 Å². The molecule has 0 bridgehead atoms. The van der Waals surface area contributed by atoms with E-state index in [9.17, 15) is 0 Å². The number of rotatable bonds is 6. The maximum Gasteiger partial charge on any atom is 0.0875 e. The number of hydrogen-bond acceptors (Lipinski definition) is 0. The molecule has 0 saturated heterocycles. The first-order chi connectivity index (χ1) is 10.3. The molecule has 2 aliphatic rings. The quantitative estimate of drug-likeness (QED) is 0.477. The van der Waals surface area contributed by atoms with Crippen molar-refractivity contribution in [3.63, 3.8) is 0 Å². The van der Waals surface area contributed by atoms with Crippen LogP contribution in [0.4, 0.5) is 0 Å². The molecule has 3 rings (SSSR count). The van der Waals surface area contributed by atoms with Crippen LogP contribution in [0.1, 0.15) is 50.2 Å². The molecule has 0 heterocycles. The topological polar surface area (TPSA) is 0 Å². The van der Waals surface area contributed by atoms with Crippen LogP contribution in [0.5, 0.6) is 0 Å². The molecule has 0 amide bonds. The van der Waals surface area contributed by atoms with E-state index in [2.05, 4.69) is 61.6 Å². The summed E-state index contributed by atoms with van der Waals surface area (Å²) in [6.45, 7) is 2.29. The predicted octanol–water partition coefficient (Wildman–Crippen LogP) is 5.54. The van der Waals surface area contributed by atoms with Crippen molar-refractivity contribution in [2.24, 2.45) is 0 Å². The molecule has 1 aromatic rings. The average Bonchev–Trinajstić information content (AvgIpc) is 2.90. The number of hydrogen-bond donors (Lipinski definition) is 0. The Morgan fingerprint density at radius 3 is 2.81 bits per heavy atom. The van der Waals surface area contributed by atoms with E-state index in [1.807, 2.05) is 0 Å². The molecule has 1 heteroatoms. The Morgan fingerprint density at radius 1 is 1.14 bits per heavy atom. The van der Waals surface area contributed by atoms with Crippen molar-refractivity contribution in [3.8, 4) is 0 Å². The zero-order chi connectivity index (χ0) is 14.5. The molecule has 0 N–H and O–H groups in total. The van der Waals surface area contributed by atoms with E-state index >= 15 is 0 Å². The Hall–Kier alpha value is -1.34. The van der Waals surface area contributed by atoms with Gasteiger partial charge in [0.15, 0.2) is 0 Å². The van der Waals surface area contributed by atoms with Gasteiger partial charge in [-0.1, -0.05) is 86.0 Å². The van der Waals surface area contributed by atoms with E-state index in [4.69, 9.17) is 0 Å². The molecule has 0 aromatic heterocycles. The summed E-state index contributed by atoms with van der Waals surface area (Å²) in [7, 11) is 0.936. The highest BCUT2D eigenvalue weighted by atomic mass is 28.2. The average molecular weight is 292 g/mol. The van der Waals surface area contributed by atoms with Gasteiger partial charge in [0.05, 0.1) is 9.52 Å². The summed E-state index contributed by atoms with van der Waals surface area (Å²) in [6.07, 6.45) is 19.5. The van der Waals surface area contributed by atoms with Gasteiger partial charge in [-0.05, 0) is 35.4 Å². The highest BCUT2D eigenvalue weighted by Gasteiger charge is 2.30. The molecule has 21 heavy (non-hydrogen) atoms. The largest absolute Gasteiger partial charge is 0.0875 e. The smallest absolute Gasteiger partial charge is 0.0840 e. The van der Waals surface area contributed by atoms with Crippen LogP contribution in [0.25, 0.3) is 6.08 Å². The fraction of sp³-hybridized carbons (Fsp3) is 0.400. The van der Waals surface area contributed by atoms with Gasteiger partial charge < -0.3 is 0 Å². The molecule has 1 unspecified atom stereocenters. The van der Waals surface area contributed by atoms with Crippen LogP contribution in [-0.2, 0) is 6.42 Å². The van der Waals surface area contributed by atoms with Gasteiger partial charge in [-0.2, -0.15) is 0 Å². The molecule has 0 saturated carbocycles. The Bertz CT molecular complexity index is 579. The second-order valence-corrected chi connectivity index (χ2v) is 8.16. The third kappa shape index (κ3) is 3.46. The minimum Gasteiger partial charge on any atom is -0.0840 e. The van der Waals surface area contributed by atoms with Crippen LogP contribution in [0.2, 0.25) is 5.04 Å². The maximum atomic E-state index is 2.49. The van der Waals surface area contributed by atoms with Crippen molar-refractivity contribution in [1.29, 1.82) is 0 Å². The van der Waals surface area contributed by atoms with E-state index in [1.165, 1.54) is 49.7 Å². The molecule has 2 radical (unpaired) electrons. The van der Waals surface area contributed by atoms with Crippen LogP contribution in [0.3, 0.4) is 0 Å². The standard InChI is InChI=1S/C20H24Si/c1-2-3-7-12-20(13-8-4-9-14-20)21-19-15-17-10-5-6-11-18(17)16-19/h4-6,8-11,13,15H,2-3,7,12,14,16H2,1H3. The summed E-state index contributed by atoms with van der Waals surface area (Å²) in [4.78, 5) is 0. The van der Waals surface area contributed by atoms with Crippen molar-refractivity contribution in [2.45, 2.75) is 50.5 Å². The second kappa shape index (κ2) is 6.61. The Labute approximate surface area is 131 Å². The van der Waals surface area contributed by atoms with Crippen molar-refractivity contribution < 1.29 is 0 Å². The zero-order valence-electron chi connectivity index (χ0n) is 12.9. The molecule has 0 aliphatic heterocycles. The summed E-state index contributed by atoms with van der Waals surface area (Å²) in [5.74, 6) is 0. The first-order valence-electron chi connectivity index (χ1n) is 8.22. The van der Waals surface area contributed by atoms with Crippen LogP contribution in [0, 0.1) is 0 Å². The Kier molecular flexibility index (Phi) is 4.59. The molecule has 1 aromatic carbocycles. The SMILES string of the molecule is CCCCCC1([Si]C2=Cc3ccccc3C2)C=CC=CC1. The molecular weight excluding hydrogens is 268 g/mol.